The third-order valence-electron chi connectivity index (χ3n) is 7.42. The Morgan fingerprint density at radius 1 is 1.35 bits per heavy atom. The molecule has 4 bridgehead atoms. The van der Waals surface area contributed by atoms with Crippen LogP contribution in [0.3, 0.4) is 0 Å². The van der Waals surface area contributed by atoms with Crippen LogP contribution in [-0.2, 0) is 14.9 Å². The van der Waals surface area contributed by atoms with Crippen LogP contribution in [0.1, 0.15) is 25.3 Å². The molecule has 6 atom stereocenters. The minimum absolute atomic E-state index is 0.00925. The van der Waals surface area contributed by atoms with Crippen molar-refractivity contribution in [3.05, 3.63) is 41.5 Å². The second-order valence-corrected chi connectivity index (χ2v) is 7.99. The minimum atomic E-state index is -0.315. The summed E-state index contributed by atoms with van der Waals surface area (Å²) in [6.45, 7) is 4.02. The summed E-state index contributed by atoms with van der Waals surface area (Å²) in [5.74, 6) is 0.169. The number of nitrogens with zero attached hydrogens (tertiary/aromatic N) is 2. The van der Waals surface area contributed by atoms with E-state index in [2.05, 4.69) is 24.0 Å². The fourth-order valence-corrected chi connectivity index (χ4v) is 6.47. The van der Waals surface area contributed by atoms with Gasteiger partial charge >= 0.3 is 6.09 Å². The van der Waals surface area contributed by atoms with Gasteiger partial charge in [0.2, 0.25) is 0 Å². The second-order valence-electron chi connectivity index (χ2n) is 7.99. The van der Waals surface area contributed by atoms with E-state index in [0.29, 0.717) is 6.04 Å². The van der Waals surface area contributed by atoms with Gasteiger partial charge in [-0.15, -0.1) is 0 Å². The number of methoxy groups -OCH3 is 1. The molecule has 4 heterocycles. The summed E-state index contributed by atoms with van der Waals surface area (Å²) in [5.41, 5.74) is 3.15. The maximum absolute atomic E-state index is 12.7. The molecule has 4 aliphatic heterocycles. The van der Waals surface area contributed by atoms with Crippen LogP contribution < -0.4 is 4.90 Å². The Bertz CT molecular complexity index is 819. The number of ether oxygens (including phenoxy) is 1. The maximum Gasteiger partial charge on any atom is 0.414 e. The van der Waals surface area contributed by atoms with E-state index in [1.807, 2.05) is 23.1 Å². The van der Waals surface area contributed by atoms with Gasteiger partial charge in [-0.2, -0.15) is 0 Å². The smallest absolute Gasteiger partial charge is 0.414 e. The van der Waals surface area contributed by atoms with E-state index >= 15 is 0 Å². The van der Waals surface area contributed by atoms with E-state index < -0.39 is 0 Å². The third kappa shape index (κ3) is 1.70. The first-order chi connectivity index (χ1) is 12.7. The molecule has 5 heteroatoms. The summed E-state index contributed by atoms with van der Waals surface area (Å²) < 4.78 is 5.14. The van der Waals surface area contributed by atoms with Crippen molar-refractivity contribution in [3.8, 4) is 0 Å². The average molecular weight is 352 g/mol. The molecule has 0 radical (unpaired) electrons. The lowest BCUT2D eigenvalue weighted by Gasteiger charge is -2.48. The molecule has 5 nitrogen and oxygen atoms in total. The molecule has 4 fully saturated rings. The van der Waals surface area contributed by atoms with Crippen molar-refractivity contribution in [1.29, 1.82) is 0 Å². The lowest BCUT2D eigenvalue weighted by Crippen LogP contribution is -2.58. The van der Waals surface area contributed by atoms with Gasteiger partial charge in [0.05, 0.1) is 18.8 Å². The Hall–Kier alpha value is -2.14. The zero-order valence-electron chi connectivity index (χ0n) is 15.2. The van der Waals surface area contributed by atoms with Crippen LogP contribution in [0, 0.1) is 11.8 Å². The van der Waals surface area contributed by atoms with Gasteiger partial charge in [0, 0.05) is 29.8 Å². The van der Waals surface area contributed by atoms with Crippen LogP contribution in [0.25, 0.3) is 0 Å². The molecular formula is C21H24N2O3. The van der Waals surface area contributed by atoms with E-state index in [-0.39, 0.29) is 29.4 Å². The third-order valence-corrected chi connectivity index (χ3v) is 7.42. The van der Waals surface area contributed by atoms with Crippen LogP contribution in [0.4, 0.5) is 10.5 Å². The van der Waals surface area contributed by atoms with E-state index in [4.69, 9.17) is 4.74 Å². The second kappa shape index (κ2) is 5.43. The number of anilines is 1. The lowest BCUT2D eigenvalue weighted by molar-refractivity contribution is -0.116. The average Bonchev–Trinajstić information content (AvgIpc) is 3.06. The molecule has 1 saturated carbocycles. The number of fused-ring (bicyclic) bond motifs is 2. The standard InChI is InChI=1S/C21H24N2O3/c1-3-13-11-22-9-8-21-14-6-4-5-7-16(14)23(20(25)26-2)18(21)10-17(22)19(13)15(21)12-24/h3-7,12,15,17-19H,8-11H2,1-2H3/b13-3-/t15-,17-,18-,19+,21+/m1/s1. The van der Waals surface area contributed by atoms with Crippen molar-refractivity contribution in [2.75, 3.05) is 25.1 Å². The van der Waals surface area contributed by atoms with Crippen LogP contribution in [-0.4, -0.2) is 49.6 Å². The summed E-state index contributed by atoms with van der Waals surface area (Å²) >= 11 is 0. The van der Waals surface area contributed by atoms with Crippen LogP contribution in [0.15, 0.2) is 35.9 Å². The summed E-state index contributed by atoms with van der Waals surface area (Å²) in [4.78, 5) is 29.5. The molecule has 0 N–H and O–H groups in total. The number of amides is 1. The molecule has 0 aromatic heterocycles. The molecule has 1 aromatic rings. The van der Waals surface area contributed by atoms with E-state index in [0.717, 1.165) is 37.2 Å². The number of allylic oxidation sites excluding steroid dienone is 1. The van der Waals surface area contributed by atoms with Crippen molar-refractivity contribution in [2.24, 2.45) is 11.8 Å². The number of rotatable bonds is 1. The highest BCUT2D eigenvalue weighted by Crippen LogP contribution is 2.62. The summed E-state index contributed by atoms with van der Waals surface area (Å²) in [6, 6.07) is 8.43. The molecule has 1 unspecified atom stereocenters. The number of para-hydroxylation sites is 1. The Balaban J connectivity index is 1.76. The Kier molecular flexibility index (Phi) is 3.35. The largest absolute Gasteiger partial charge is 0.452 e. The van der Waals surface area contributed by atoms with Gasteiger partial charge in [0.25, 0.3) is 0 Å². The predicted molar refractivity (Wildman–Crippen MR) is 98.2 cm³/mol. The van der Waals surface area contributed by atoms with Crippen molar-refractivity contribution >= 4 is 18.1 Å². The van der Waals surface area contributed by atoms with Gasteiger partial charge in [0.1, 0.15) is 6.29 Å². The molecule has 1 aliphatic carbocycles. The van der Waals surface area contributed by atoms with Crippen molar-refractivity contribution in [2.45, 2.75) is 37.3 Å². The molecule has 1 aromatic carbocycles. The quantitative estimate of drug-likeness (QED) is 0.576. The Labute approximate surface area is 153 Å². The van der Waals surface area contributed by atoms with Crippen LogP contribution in [0.2, 0.25) is 0 Å². The van der Waals surface area contributed by atoms with Crippen molar-refractivity contribution in [1.82, 2.24) is 4.90 Å². The normalized spacial score (nSPS) is 40.9. The number of benzene rings is 1. The van der Waals surface area contributed by atoms with Gasteiger partial charge in [-0.25, -0.2) is 4.79 Å². The van der Waals surface area contributed by atoms with E-state index in [9.17, 15) is 9.59 Å². The number of hydrogen-bond donors (Lipinski definition) is 0. The fourth-order valence-electron chi connectivity index (χ4n) is 6.47. The summed E-state index contributed by atoms with van der Waals surface area (Å²) in [6.07, 6.45) is 4.88. The van der Waals surface area contributed by atoms with Gasteiger partial charge < -0.3 is 9.53 Å². The number of carbonyl (C=O) groups excluding carboxylic acids is 2. The highest BCUT2D eigenvalue weighted by Gasteiger charge is 2.67. The van der Waals surface area contributed by atoms with Gasteiger partial charge in [-0.1, -0.05) is 29.8 Å². The zero-order chi connectivity index (χ0) is 18.1. The maximum atomic E-state index is 12.7. The highest BCUT2D eigenvalue weighted by atomic mass is 16.5. The van der Waals surface area contributed by atoms with Gasteiger partial charge in [-0.3, -0.25) is 9.80 Å². The van der Waals surface area contributed by atoms with E-state index in [1.54, 1.807) is 0 Å². The first kappa shape index (κ1) is 16.1. The minimum Gasteiger partial charge on any atom is -0.452 e. The Morgan fingerprint density at radius 2 is 2.15 bits per heavy atom. The molecule has 26 heavy (non-hydrogen) atoms. The van der Waals surface area contributed by atoms with Crippen LogP contribution in [0.5, 0.6) is 0 Å². The molecule has 5 aliphatic rings. The Morgan fingerprint density at radius 3 is 2.88 bits per heavy atom. The monoisotopic (exact) mass is 352 g/mol. The predicted octanol–water partition coefficient (Wildman–Crippen LogP) is 2.75. The number of aldehydes is 1. The molecule has 136 valence electrons. The first-order valence-corrected chi connectivity index (χ1v) is 9.48. The highest BCUT2D eigenvalue weighted by molar-refractivity contribution is 5.93. The van der Waals surface area contributed by atoms with Gasteiger partial charge in [0.15, 0.2) is 0 Å². The topological polar surface area (TPSA) is 49.9 Å². The molecule has 1 spiro atoms. The fraction of sp³-hybridized carbons (Fsp3) is 0.524. The van der Waals surface area contributed by atoms with E-state index in [1.165, 1.54) is 19.0 Å². The van der Waals surface area contributed by atoms with Crippen molar-refractivity contribution < 1.29 is 14.3 Å². The molecule has 1 amide bonds. The molecule has 3 saturated heterocycles. The first-order valence-electron chi connectivity index (χ1n) is 9.48. The van der Waals surface area contributed by atoms with Crippen LogP contribution >= 0.6 is 0 Å². The number of carbonyl (C=O) groups is 2. The van der Waals surface area contributed by atoms with Gasteiger partial charge in [-0.05, 0) is 37.9 Å². The lowest BCUT2D eigenvalue weighted by atomic mass is 9.55. The number of hydrogen-bond acceptors (Lipinski definition) is 4. The summed E-state index contributed by atoms with van der Waals surface area (Å²) in [5, 5.41) is 0. The zero-order valence-corrected chi connectivity index (χ0v) is 15.2. The molecule has 6 rings (SSSR count). The van der Waals surface area contributed by atoms with Crippen molar-refractivity contribution in [3.63, 3.8) is 0 Å². The molecular weight excluding hydrogens is 328 g/mol. The summed E-state index contributed by atoms with van der Waals surface area (Å²) in [7, 11) is 1.44. The SMILES string of the molecule is C/C=C1/CN2CC[C@@]34c5ccccc5N(C(=O)OC)[C@@H]3C[C@@H]2[C@@H]1[C@H]4C=O.